The molecule has 0 spiro atoms. The summed E-state index contributed by atoms with van der Waals surface area (Å²) in [7, 11) is 0. The molecule has 0 aliphatic carbocycles. The minimum Gasteiger partial charge on any atom is -0.491 e. The summed E-state index contributed by atoms with van der Waals surface area (Å²) in [5, 5.41) is 1.03. The molecule has 3 aromatic rings. The van der Waals surface area contributed by atoms with Crippen molar-refractivity contribution >= 4 is 10.9 Å². The Labute approximate surface area is 123 Å². The zero-order chi connectivity index (χ0) is 14.5. The molecule has 2 aromatic heterocycles. The molecular weight excluding hydrogens is 262 g/mol. The Morgan fingerprint density at radius 3 is 2.81 bits per heavy atom. The van der Waals surface area contributed by atoms with Gasteiger partial charge in [-0.25, -0.2) is 0 Å². The summed E-state index contributed by atoms with van der Waals surface area (Å²) in [6, 6.07) is 7.96. The first kappa shape index (κ1) is 13.5. The molecule has 0 bridgehead atoms. The van der Waals surface area contributed by atoms with E-state index in [0.29, 0.717) is 6.61 Å². The fourth-order valence-corrected chi connectivity index (χ4v) is 2.25. The van der Waals surface area contributed by atoms with E-state index < -0.39 is 0 Å². The maximum absolute atomic E-state index is 5.85. The highest BCUT2D eigenvalue weighted by atomic mass is 16.5. The molecule has 4 heteroatoms. The second kappa shape index (κ2) is 6.31. The van der Waals surface area contributed by atoms with Crippen LogP contribution in [-0.4, -0.2) is 21.6 Å². The molecule has 0 unspecified atom stereocenters. The van der Waals surface area contributed by atoms with Crippen molar-refractivity contribution in [3.8, 4) is 17.0 Å². The SMILES string of the molecule is CCCCOc1ccc(-c2cnccn2)c2cccnc12. The van der Waals surface area contributed by atoms with Crippen molar-refractivity contribution in [3.05, 3.63) is 49.1 Å². The molecular formula is C17H17N3O. The molecule has 3 rings (SSSR count). The van der Waals surface area contributed by atoms with Gasteiger partial charge in [-0.2, -0.15) is 0 Å². The number of nitrogens with zero attached hydrogens (tertiary/aromatic N) is 3. The molecule has 0 radical (unpaired) electrons. The molecule has 0 atom stereocenters. The number of fused-ring (bicyclic) bond motifs is 1. The average molecular weight is 279 g/mol. The number of pyridine rings is 1. The van der Waals surface area contributed by atoms with Gasteiger partial charge in [0.15, 0.2) is 0 Å². The number of ether oxygens (including phenoxy) is 1. The van der Waals surface area contributed by atoms with Crippen LogP contribution >= 0.6 is 0 Å². The molecule has 2 heterocycles. The van der Waals surface area contributed by atoms with E-state index in [2.05, 4.69) is 21.9 Å². The topological polar surface area (TPSA) is 47.9 Å². The smallest absolute Gasteiger partial charge is 0.145 e. The van der Waals surface area contributed by atoms with E-state index >= 15 is 0 Å². The van der Waals surface area contributed by atoms with Crippen molar-refractivity contribution < 1.29 is 4.74 Å². The van der Waals surface area contributed by atoms with Crippen LogP contribution in [-0.2, 0) is 0 Å². The predicted octanol–water partition coefficient (Wildman–Crippen LogP) is 3.87. The number of benzene rings is 1. The summed E-state index contributed by atoms with van der Waals surface area (Å²) in [5.74, 6) is 0.826. The summed E-state index contributed by atoms with van der Waals surface area (Å²) in [6.07, 6.45) is 9.08. The number of aromatic nitrogens is 3. The Morgan fingerprint density at radius 2 is 2.00 bits per heavy atom. The van der Waals surface area contributed by atoms with Crippen LogP contribution in [0.25, 0.3) is 22.2 Å². The molecule has 0 amide bonds. The Morgan fingerprint density at radius 1 is 1.05 bits per heavy atom. The van der Waals surface area contributed by atoms with Gasteiger partial charge in [0.25, 0.3) is 0 Å². The van der Waals surface area contributed by atoms with Gasteiger partial charge in [-0.05, 0) is 24.6 Å². The molecule has 0 aliphatic rings. The van der Waals surface area contributed by atoms with E-state index in [1.54, 1.807) is 24.8 Å². The summed E-state index contributed by atoms with van der Waals surface area (Å²) < 4.78 is 5.85. The molecule has 0 saturated carbocycles. The number of hydrogen-bond donors (Lipinski definition) is 0. The minimum atomic E-state index is 0.715. The Balaban J connectivity index is 2.07. The van der Waals surface area contributed by atoms with Gasteiger partial charge < -0.3 is 4.74 Å². The van der Waals surface area contributed by atoms with Crippen LogP contribution in [0.15, 0.2) is 49.1 Å². The van der Waals surface area contributed by atoms with Gasteiger partial charge >= 0.3 is 0 Å². The lowest BCUT2D eigenvalue weighted by Crippen LogP contribution is -1.98. The highest BCUT2D eigenvalue weighted by Crippen LogP contribution is 2.32. The molecule has 0 fully saturated rings. The quantitative estimate of drug-likeness (QED) is 0.665. The summed E-state index contributed by atoms with van der Waals surface area (Å²) in [6.45, 7) is 2.86. The van der Waals surface area contributed by atoms with E-state index in [-0.39, 0.29) is 0 Å². The third kappa shape index (κ3) is 2.84. The standard InChI is InChI=1S/C17H17N3O/c1-2-3-11-21-16-7-6-13(15-12-18-9-10-19-15)14-5-4-8-20-17(14)16/h4-10,12H,2-3,11H2,1H3. The molecule has 1 aromatic carbocycles. The van der Waals surface area contributed by atoms with Crippen LogP contribution < -0.4 is 4.74 Å². The van der Waals surface area contributed by atoms with Gasteiger partial charge in [-0.3, -0.25) is 15.0 Å². The first-order valence-corrected chi connectivity index (χ1v) is 7.17. The van der Waals surface area contributed by atoms with E-state index in [9.17, 15) is 0 Å². The van der Waals surface area contributed by atoms with Crippen molar-refractivity contribution in [3.63, 3.8) is 0 Å². The summed E-state index contributed by atoms with van der Waals surface area (Å²) >= 11 is 0. The van der Waals surface area contributed by atoms with Gasteiger partial charge in [-0.1, -0.05) is 19.4 Å². The number of hydrogen-bond acceptors (Lipinski definition) is 4. The molecule has 0 saturated heterocycles. The first-order valence-electron chi connectivity index (χ1n) is 7.17. The van der Waals surface area contributed by atoms with Gasteiger partial charge in [-0.15, -0.1) is 0 Å². The fraction of sp³-hybridized carbons (Fsp3) is 0.235. The minimum absolute atomic E-state index is 0.715. The average Bonchev–Trinajstić information content (AvgIpc) is 2.56. The Kier molecular flexibility index (Phi) is 4.05. The van der Waals surface area contributed by atoms with Gasteiger partial charge in [0.2, 0.25) is 0 Å². The van der Waals surface area contributed by atoms with Crippen molar-refractivity contribution in [1.29, 1.82) is 0 Å². The van der Waals surface area contributed by atoms with E-state index in [4.69, 9.17) is 4.74 Å². The van der Waals surface area contributed by atoms with Gasteiger partial charge in [0.1, 0.15) is 11.3 Å². The largest absolute Gasteiger partial charge is 0.491 e. The van der Waals surface area contributed by atoms with Crippen LogP contribution in [0.1, 0.15) is 19.8 Å². The predicted molar refractivity (Wildman–Crippen MR) is 83.2 cm³/mol. The highest BCUT2D eigenvalue weighted by molar-refractivity contribution is 5.96. The zero-order valence-electron chi connectivity index (χ0n) is 12.0. The molecule has 0 aliphatic heterocycles. The zero-order valence-corrected chi connectivity index (χ0v) is 12.0. The van der Waals surface area contributed by atoms with Crippen LogP contribution in [0.3, 0.4) is 0 Å². The summed E-state index contributed by atoms with van der Waals surface area (Å²) in [5.41, 5.74) is 2.74. The van der Waals surface area contributed by atoms with Crippen LogP contribution in [0.4, 0.5) is 0 Å². The Bertz CT molecular complexity index is 728. The van der Waals surface area contributed by atoms with Gasteiger partial charge in [0, 0.05) is 29.5 Å². The van der Waals surface area contributed by atoms with Crippen molar-refractivity contribution in [2.75, 3.05) is 6.61 Å². The molecule has 4 nitrogen and oxygen atoms in total. The fourth-order valence-electron chi connectivity index (χ4n) is 2.25. The number of unbranched alkanes of at least 4 members (excludes halogenated alkanes) is 1. The summed E-state index contributed by atoms with van der Waals surface area (Å²) in [4.78, 5) is 13.0. The maximum atomic E-state index is 5.85. The van der Waals surface area contributed by atoms with E-state index in [1.165, 1.54) is 0 Å². The first-order chi connectivity index (χ1) is 10.4. The second-order valence-electron chi connectivity index (χ2n) is 4.80. The molecule has 21 heavy (non-hydrogen) atoms. The van der Waals surface area contributed by atoms with Crippen molar-refractivity contribution in [2.24, 2.45) is 0 Å². The second-order valence-corrected chi connectivity index (χ2v) is 4.80. The van der Waals surface area contributed by atoms with Crippen molar-refractivity contribution in [2.45, 2.75) is 19.8 Å². The number of rotatable bonds is 5. The van der Waals surface area contributed by atoms with E-state index in [1.807, 2.05) is 24.3 Å². The lowest BCUT2D eigenvalue weighted by Gasteiger charge is -2.11. The third-order valence-electron chi connectivity index (χ3n) is 3.33. The normalized spacial score (nSPS) is 10.7. The maximum Gasteiger partial charge on any atom is 0.145 e. The van der Waals surface area contributed by atoms with Crippen molar-refractivity contribution in [1.82, 2.24) is 15.0 Å². The molecule has 106 valence electrons. The Hall–Kier alpha value is -2.49. The lowest BCUT2D eigenvalue weighted by atomic mass is 10.1. The molecule has 0 N–H and O–H groups in total. The monoisotopic (exact) mass is 279 g/mol. The lowest BCUT2D eigenvalue weighted by molar-refractivity contribution is 0.312. The van der Waals surface area contributed by atoms with Crippen LogP contribution in [0.2, 0.25) is 0 Å². The highest BCUT2D eigenvalue weighted by Gasteiger charge is 2.10. The van der Waals surface area contributed by atoms with E-state index in [0.717, 1.165) is 40.8 Å². The van der Waals surface area contributed by atoms with Crippen LogP contribution in [0.5, 0.6) is 5.75 Å². The van der Waals surface area contributed by atoms with Crippen LogP contribution in [0, 0.1) is 0 Å². The van der Waals surface area contributed by atoms with Gasteiger partial charge in [0.05, 0.1) is 18.5 Å². The third-order valence-corrected chi connectivity index (χ3v) is 3.33.